The van der Waals surface area contributed by atoms with Crippen LogP contribution in [0.1, 0.15) is 11.8 Å². The predicted molar refractivity (Wildman–Crippen MR) is 48.2 cm³/mol. The molecule has 0 fully saturated rings. The van der Waals surface area contributed by atoms with Crippen molar-refractivity contribution in [3.63, 3.8) is 0 Å². The molecule has 0 aromatic carbocycles. The van der Waals surface area contributed by atoms with Crippen molar-refractivity contribution in [3.8, 4) is 0 Å². The molecular formula is C8H11N5O. The summed E-state index contributed by atoms with van der Waals surface area (Å²) >= 11 is 0. The van der Waals surface area contributed by atoms with E-state index in [1.807, 2.05) is 6.07 Å². The Balaban J connectivity index is 2.06. The molecule has 0 aliphatic heterocycles. The number of hydrogen-bond acceptors (Lipinski definition) is 4. The smallest absolute Gasteiger partial charge is 0.119 e. The van der Waals surface area contributed by atoms with Gasteiger partial charge in [0.2, 0.25) is 0 Å². The second kappa shape index (κ2) is 3.59. The molecule has 2 heterocycles. The van der Waals surface area contributed by atoms with E-state index in [2.05, 4.69) is 15.4 Å². The Labute approximate surface area is 80.8 Å². The van der Waals surface area contributed by atoms with Crippen LogP contribution in [0.4, 0.5) is 0 Å². The first-order valence-electron chi connectivity index (χ1n) is 4.27. The molecule has 2 rings (SSSR count). The Morgan fingerprint density at radius 3 is 3.00 bits per heavy atom. The summed E-state index contributed by atoms with van der Waals surface area (Å²) in [5.41, 5.74) is 0.558. The van der Waals surface area contributed by atoms with Crippen molar-refractivity contribution in [2.24, 2.45) is 7.05 Å². The van der Waals surface area contributed by atoms with Crippen LogP contribution >= 0.6 is 0 Å². The largest absolute Gasteiger partial charge is 0.385 e. The maximum Gasteiger partial charge on any atom is 0.119 e. The van der Waals surface area contributed by atoms with Gasteiger partial charge in [0.1, 0.15) is 11.8 Å². The van der Waals surface area contributed by atoms with Gasteiger partial charge in [0.25, 0.3) is 0 Å². The highest BCUT2D eigenvalue weighted by atomic mass is 16.3. The van der Waals surface area contributed by atoms with Crippen LogP contribution in [-0.2, 0) is 13.6 Å². The fraction of sp³-hybridized carbons (Fsp3) is 0.375. The number of aliphatic hydroxyl groups is 1. The monoisotopic (exact) mass is 193 g/mol. The summed E-state index contributed by atoms with van der Waals surface area (Å²) in [7, 11) is 1.76. The Hall–Kier alpha value is -1.69. The van der Waals surface area contributed by atoms with Crippen LogP contribution in [0, 0.1) is 0 Å². The van der Waals surface area contributed by atoms with Crippen LogP contribution in [0.5, 0.6) is 0 Å². The fourth-order valence-corrected chi connectivity index (χ4v) is 1.20. The number of aliphatic hydroxyl groups excluding tert-OH is 1. The zero-order valence-corrected chi connectivity index (χ0v) is 7.78. The van der Waals surface area contributed by atoms with Crippen molar-refractivity contribution < 1.29 is 5.11 Å². The van der Waals surface area contributed by atoms with Gasteiger partial charge in [-0.3, -0.25) is 9.36 Å². The molecule has 14 heavy (non-hydrogen) atoms. The highest BCUT2D eigenvalue weighted by Crippen LogP contribution is 2.09. The minimum atomic E-state index is -0.663. The molecule has 1 atom stereocenters. The minimum absolute atomic E-state index is 0.395. The average molecular weight is 193 g/mol. The Morgan fingerprint density at radius 2 is 2.43 bits per heavy atom. The number of nitrogens with zero attached hydrogens (tertiary/aromatic N) is 5. The third kappa shape index (κ3) is 1.80. The lowest BCUT2D eigenvalue weighted by molar-refractivity contribution is 0.147. The second-order valence-corrected chi connectivity index (χ2v) is 3.06. The van der Waals surface area contributed by atoms with E-state index in [0.29, 0.717) is 12.2 Å². The molecule has 74 valence electrons. The van der Waals surface area contributed by atoms with Crippen molar-refractivity contribution in [3.05, 3.63) is 30.4 Å². The molecule has 1 unspecified atom stereocenters. The van der Waals surface area contributed by atoms with Crippen molar-refractivity contribution in [1.82, 2.24) is 24.8 Å². The highest BCUT2D eigenvalue weighted by molar-refractivity contribution is 4.96. The fourth-order valence-electron chi connectivity index (χ4n) is 1.20. The summed E-state index contributed by atoms with van der Waals surface area (Å²) in [6, 6.07) is 1.81. The molecule has 0 saturated heterocycles. The normalized spacial score (nSPS) is 13.0. The maximum atomic E-state index is 9.73. The van der Waals surface area contributed by atoms with Crippen LogP contribution in [-0.4, -0.2) is 29.9 Å². The molecule has 2 aromatic rings. The number of aromatic nitrogens is 5. The van der Waals surface area contributed by atoms with Gasteiger partial charge in [0.05, 0.1) is 12.7 Å². The first kappa shape index (κ1) is 8.89. The average Bonchev–Trinajstić information content (AvgIpc) is 2.75. The first-order chi connectivity index (χ1) is 6.75. The lowest BCUT2D eigenvalue weighted by Crippen LogP contribution is -2.09. The second-order valence-electron chi connectivity index (χ2n) is 3.06. The minimum Gasteiger partial charge on any atom is -0.385 e. The van der Waals surface area contributed by atoms with Gasteiger partial charge in [-0.25, -0.2) is 0 Å². The van der Waals surface area contributed by atoms with Crippen molar-refractivity contribution in [1.29, 1.82) is 0 Å². The van der Waals surface area contributed by atoms with E-state index in [1.165, 1.54) is 0 Å². The van der Waals surface area contributed by atoms with Gasteiger partial charge >= 0.3 is 0 Å². The molecule has 0 radical (unpaired) electrons. The van der Waals surface area contributed by atoms with E-state index in [9.17, 15) is 5.11 Å². The molecule has 0 bridgehead atoms. The van der Waals surface area contributed by atoms with E-state index in [1.54, 1.807) is 35.0 Å². The van der Waals surface area contributed by atoms with Gasteiger partial charge in [-0.2, -0.15) is 5.10 Å². The molecule has 6 heteroatoms. The summed E-state index contributed by atoms with van der Waals surface area (Å²) in [6.45, 7) is 0.395. The zero-order chi connectivity index (χ0) is 9.97. The number of hydrogen-bond donors (Lipinski definition) is 1. The summed E-state index contributed by atoms with van der Waals surface area (Å²) < 4.78 is 3.21. The van der Waals surface area contributed by atoms with E-state index < -0.39 is 6.10 Å². The molecular weight excluding hydrogens is 182 g/mol. The third-order valence-corrected chi connectivity index (χ3v) is 1.88. The van der Waals surface area contributed by atoms with Crippen LogP contribution < -0.4 is 0 Å². The van der Waals surface area contributed by atoms with Gasteiger partial charge in [-0.15, -0.1) is 5.10 Å². The maximum absolute atomic E-state index is 9.73. The summed E-state index contributed by atoms with van der Waals surface area (Å²) in [5.74, 6) is 0. The Bertz CT molecular complexity index is 394. The van der Waals surface area contributed by atoms with Crippen molar-refractivity contribution in [2.75, 3.05) is 0 Å². The van der Waals surface area contributed by atoms with Crippen LogP contribution in [0.25, 0.3) is 0 Å². The van der Waals surface area contributed by atoms with Gasteiger partial charge in [0.15, 0.2) is 0 Å². The van der Waals surface area contributed by atoms with Crippen molar-refractivity contribution >= 4 is 0 Å². The number of rotatable bonds is 3. The molecule has 0 saturated carbocycles. The van der Waals surface area contributed by atoms with E-state index >= 15 is 0 Å². The standard InChI is InChI=1S/C8H11N5O/c1-12-5-7(10-11-12)8(14)6-13-4-2-3-9-13/h2-5,8,14H,6H2,1H3. The van der Waals surface area contributed by atoms with Crippen molar-refractivity contribution in [2.45, 2.75) is 12.6 Å². The third-order valence-electron chi connectivity index (χ3n) is 1.88. The molecule has 0 aliphatic rings. The van der Waals surface area contributed by atoms with E-state index in [4.69, 9.17) is 0 Å². The van der Waals surface area contributed by atoms with Crippen LogP contribution in [0.15, 0.2) is 24.7 Å². The lowest BCUT2D eigenvalue weighted by atomic mass is 10.3. The quantitative estimate of drug-likeness (QED) is 0.729. The van der Waals surface area contributed by atoms with E-state index in [-0.39, 0.29) is 0 Å². The summed E-state index contributed by atoms with van der Waals surface area (Å²) in [5, 5.41) is 21.3. The summed E-state index contributed by atoms with van der Waals surface area (Å²) in [6.07, 6.45) is 4.49. The molecule has 0 spiro atoms. The topological polar surface area (TPSA) is 68.8 Å². The van der Waals surface area contributed by atoms with Gasteiger partial charge < -0.3 is 5.11 Å². The lowest BCUT2D eigenvalue weighted by Gasteiger charge is -2.06. The molecule has 2 aromatic heterocycles. The van der Waals surface area contributed by atoms with Gasteiger partial charge in [-0.05, 0) is 6.07 Å². The zero-order valence-electron chi connectivity index (χ0n) is 7.78. The first-order valence-corrected chi connectivity index (χ1v) is 4.27. The molecule has 1 N–H and O–H groups in total. The number of aryl methyl sites for hydroxylation is 1. The molecule has 0 aliphatic carbocycles. The van der Waals surface area contributed by atoms with Gasteiger partial charge in [0, 0.05) is 19.4 Å². The Morgan fingerprint density at radius 1 is 1.57 bits per heavy atom. The predicted octanol–water partition coefficient (Wildman–Crippen LogP) is -0.255. The molecule has 0 amide bonds. The Kier molecular flexibility index (Phi) is 2.28. The van der Waals surface area contributed by atoms with Crippen LogP contribution in [0.2, 0.25) is 0 Å². The highest BCUT2D eigenvalue weighted by Gasteiger charge is 2.11. The van der Waals surface area contributed by atoms with Gasteiger partial charge in [-0.1, -0.05) is 5.21 Å². The van der Waals surface area contributed by atoms with Crippen LogP contribution in [0.3, 0.4) is 0 Å². The molecule has 6 nitrogen and oxygen atoms in total. The van der Waals surface area contributed by atoms with E-state index in [0.717, 1.165) is 0 Å². The SMILES string of the molecule is Cn1cc(C(O)Cn2cccn2)nn1. The summed E-state index contributed by atoms with van der Waals surface area (Å²) in [4.78, 5) is 0.